The molecule has 1 heterocycles. The quantitative estimate of drug-likeness (QED) is 0.711. The van der Waals surface area contributed by atoms with Gasteiger partial charge in [-0.1, -0.05) is 30.1 Å². The van der Waals surface area contributed by atoms with Crippen molar-refractivity contribution in [3.05, 3.63) is 33.8 Å². The number of amides is 3. The monoisotopic (exact) mass is 451 g/mol. The maximum Gasteiger partial charge on any atom is 0.317 e. The molecule has 7 heteroatoms. The molecule has 2 aliphatic carbocycles. The second kappa shape index (κ2) is 8.58. The van der Waals surface area contributed by atoms with Crippen LogP contribution in [0.4, 0.5) is 4.79 Å². The Labute approximate surface area is 189 Å². The number of likely N-dealkylation sites (tertiary alicyclic amines) is 1. The van der Waals surface area contributed by atoms with Crippen molar-refractivity contribution in [2.75, 3.05) is 20.1 Å². The van der Waals surface area contributed by atoms with Crippen LogP contribution in [-0.2, 0) is 10.2 Å². The van der Waals surface area contributed by atoms with E-state index in [1.165, 1.54) is 5.56 Å². The molecular weight excluding hydrogens is 421 g/mol. The minimum absolute atomic E-state index is 0.0132. The maximum atomic E-state index is 12.8. The Kier molecular flexibility index (Phi) is 6.23. The Morgan fingerprint density at radius 2 is 1.83 bits per heavy atom. The van der Waals surface area contributed by atoms with Crippen LogP contribution >= 0.6 is 23.2 Å². The van der Waals surface area contributed by atoms with Gasteiger partial charge in [0.1, 0.15) is 0 Å². The van der Waals surface area contributed by atoms with E-state index in [0.29, 0.717) is 22.4 Å². The molecule has 3 amide bonds. The number of nitrogens with one attached hydrogen (secondary N) is 1. The molecule has 164 valence electrons. The van der Waals surface area contributed by atoms with Crippen LogP contribution in [0.25, 0.3) is 0 Å². The normalized spacial score (nSPS) is 28.6. The molecule has 2 saturated carbocycles. The van der Waals surface area contributed by atoms with E-state index in [4.69, 9.17) is 23.2 Å². The van der Waals surface area contributed by atoms with E-state index < -0.39 is 0 Å². The Morgan fingerprint density at radius 3 is 2.43 bits per heavy atom. The number of nitrogens with zero attached hydrogens (tertiary/aromatic N) is 2. The summed E-state index contributed by atoms with van der Waals surface area (Å²) >= 11 is 12.4. The summed E-state index contributed by atoms with van der Waals surface area (Å²) < 4.78 is 0. The summed E-state index contributed by atoms with van der Waals surface area (Å²) in [6, 6.07) is 6.32. The van der Waals surface area contributed by atoms with Crippen LogP contribution in [0.2, 0.25) is 10.0 Å². The van der Waals surface area contributed by atoms with Gasteiger partial charge in [-0.2, -0.15) is 0 Å². The first-order valence-electron chi connectivity index (χ1n) is 11.1. The smallest absolute Gasteiger partial charge is 0.317 e. The van der Waals surface area contributed by atoms with Crippen LogP contribution in [-0.4, -0.2) is 54.0 Å². The van der Waals surface area contributed by atoms with Crippen molar-refractivity contribution in [2.45, 2.75) is 69.4 Å². The van der Waals surface area contributed by atoms with Gasteiger partial charge in [0, 0.05) is 48.7 Å². The van der Waals surface area contributed by atoms with Gasteiger partial charge in [-0.15, -0.1) is 0 Å². The number of halogens is 2. The van der Waals surface area contributed by atoms with Gasteiger partial charge < -0.3 is 15.1 Å². The molecule has 0 bridgehead atoms. The Morgan fingerprint density at radius 1 is 1.17 bits per heavy atom. The first-order valence-corrected chi connectivity index (χ1v) is 11.9. The van der Waals surface area contributed by atoms with E-state index in [1.807, 2.05) is 23.8 Å². The van der Waals surface area contributed by atoms with Crippen LogP contribution in [0, 0.1) is 5.92 Å². The minimum atomic E-state index is 0.0132. The van der Waals surface area contributed by atoms with Crippen LogP contribution in [0.15, 0.2) is 18.2 Å². The summed E-state index contributed by atoms with van der Waals surface area (Å²) in [6.07, 6.45) is 6.43. The highest BCUT2D eigenvalue weighted by Gasteiger charge is 2.57. The molecule has 3 fully saturated rings. The summed E-state index contributed by atoms with van der Waals surface area (Å²) in [7, 11) is 1.88. The SMILES string of the molecule is CCC(=O)N1CCC(N(C)C(=O)N[C@H]2CC[C@@]3(c4cc(Cl)cc(Cl)c4)CC3C2)CC1. The summed E-state index contributed by atoms with van der Waals surface area (Å²) in [5.74, 6) is 0.788. The zero-order valence-electron chi connectivity index (χ0n) is 17.8. The van der Waals surface area contributed by atoms with Gasteiger partial charge in [0.05, 0.1) is 0 Å². The number of urea groups is 1. The van der Waals surface area contributed by atoms with Crippen LogP contribution in [0.1, 0.15) is 57.4 Å². The molecule has 1 N–H and O–H groups in total. The lowest BCUT2D eigenvalue weighted by molar-refractivity contribution is -0.132. The summed E-state index contributed by atoms with van der Waals surface area (Å²) in [5.41, 5.74) is 1.45. The average molecular weight is 452 g/mol. The fourth-order valence-corrected chi connectivity index (χ4v) is 6.05. The zero-order valence-corrected chi connectivity index (χ0v) is 19.3. The predicted molar refractivity (Wildman–Crippen MR) is 120 cm³/mol. The third kappa shape index (κ3) is 4.29. The molecule has 1 unspecified atom stereocenters. The number of piperidine rings is 1. The third-order valence-electron chi connectivity index (χ3n) is 7.49. The molecule has 1 aliphatic heterocycles. The second-order valence-electron chi connectivity index (χ2n) is 9.21. The number of carbonyl (C=O) groups is 2. The van der Waals surface area contributed by atoms with Gasteiger partial charge >= 0.3 is 6.03 Å². The van der Waals surface area contributed by atoms with E-state index in [-0.39, 0.29) is 29.4 Å². The van der Waals surface area contributed by atoms with Crippen LogP contribution in [0.3, 0.4) is 0 Å². The number of hydrogen-bond donors (Lipinski definition) is 1. The summed E-state index contributed by atoms with van der Waals surface area (Å²) in [4.78, 5) is 28.5. The molecule has 3 atom stereocenters. The van der Waals surface area contributed by atoms with Crippen LogP contribution in [0.5, 0.6) is 0 Å². The maximum absolute atomic E-state index is 12.8. The van der Waals surface area contributed by atoms with Crippen molar-refractivity contribution in [3.8, 4) is 0 Å². The summed E-state index contributed by atoms with van der Waals surface area (Å²) in [6.45, 7) is 3.38. The third-order valence-corrected chi connectivity index (χ3v) is 7.93. The highest BCUT2D eigenvalue weighted by atomic mass is 35.5. The van der Waals surface area contributed by atoms with Crippen molar-refractivity contribution in [1.29, 1.82) is 0 Å². The standard InChI is InChI=1S/C23H31Cl2N3O2/c1-3-21(29)28-8-5-20(6-9-28)27(2)22(30)26-19-4-7-23(14-16(23)12-19)15-10-17(24)13-18(25)11-15/h10-11,13,16,19-20H,3-9,12,14H2,1-2H3,(H,26,30)/t16?,19-,23-/m0/s1. The molecule has 1 saturated heterocycles. The van der Waals surface area contributed by atoms with Gasteiger partial charge in [-0.05, 0) is 73.6 Å². The van der Waals surface area contributed by atoms with E-state index in [2.05, 4.69) is 17.4 Å². The van der Waals surface area contributed by atoms with Crippen molar-refractivity contribution in [1.82, 2.24) is 15.1 Å². The van der Waals surface area contributed by atoms with E-state index in [9.17, 15) is 9.59 Å². The molecule has 30 heavy (non-hydrogen) atoms. The van der Waals surface area contributed by atoms with Gasteiger partial charge in [0.2, 0.25) is 5.91 Å². The van der Waals surface area contributed by atoms with Crippen molar-refractivity contribution >= 4 is 35.1 Å². The number of benzene rings is 1. The number of hydrogen-bond acceptors (Lipinski definition) is 2. The second-order valence-corrected chi connectivity index (χ2v) is 10.1. The molecule has 4 rings (SSSR count). The van der Waals surface area contributed by atoms with Gasteiger partial charge in [0.25, 0.3) is 0 Å². The van der Waals surface area contributed by atoms with Gasteiger partial charge in [-0.25, -0.2) is 4.79 Å². The van der Waals surface area contributed by atoms with E-state index in [1.54, 1.807) is 6.07 Å². The molecule has 0 aromatic heterocycles. The Hall–Kier alpha value is -1.46. The molecule has 0 radical (unpaired) electrons. The van der Waals surface area contributed by atoms with E-state index in [0.717, 1.165) is 51.6 Å². The molecular formula is C23H31Cl2N3O2. The fraction of sp³-hybridized carbons (Fsp3) is 0.652. The predicted octanol–water partition coefficient (Wildman–Crippen LogP) is 4.85. The number of fused-ring (bicyclic) bond motifs is 1. The number of rotatable bonds is 4. The fourth-order valence-electron chi connectivity index (χ4n) is 5.53. The van der Waals surface area contributed by atoms with Crippen LogP contribution < -0.4 is 5.32 Å². The lowest BCUT2D eigenvalue weighted by atomic mass is 9.81. The highest BCUT2D eigenvalue weighted by Crippen LogP contribution is 2.62. The Bertz CT molecular complexity index is 804. The highest BCUT2D eigenvalue weighted by molar-refractivity contribution is 6.34. The molecule has 3 aliphatic rings. The molecule has 0 spiro atoms. The van der Waals surface area contributed by atoms with Gasteiger partial charge in [-0.3, -0.25) is 4.79 Å². The summed E-state index contributed by atoms with van der Waals surface area (Å²) in [5, 5.41) is 4.66. The Balaban J connectivity index is 1.28. The molecule has 5 nitrogen and oxygen atoms in total. The van der Waals surface area contributed by atoms with Gasteiger partial charge in [0.15, 0.2) is 0 Å². The lowest BCUT2D eigenvalue weighted by Crippen LogP contribution is -2.52. The first-order chi connectivity index (χ1) is 14.3. The molecule has 1 aromatic rings. The number of carbonyl (C=O) groups excluding carboxylic acids is 2. The lowest BCUT2D eigenvalue weighted by Gasteiger charge is -2.38. The average Bonchev–Trinajstić information content (AvgIpc) is 3.47. The van der Waals surface area contributed by atoms with Crippen molar-refractivity contribution in [2.24, 2.45) is 5.92 Å². The molecule has 1 aromatic carbocycles. The van der Waals surface area contributed by atoms with E-state index >= 15 is 0 Å². The topological polar surface area (TPSA) is 52.7 Å². The van der Waals surface area contributed by atoms with Crippen molar-refractivity contribution in [3.63, 3.8) is 0 Å². The largest absolute Gasteiger partial charge is 0.343 e. The van der Waals surface area contributed by atoms with Crippen molar-refractivity contribution < 1.29 is 9.59 Å². The first kappa shape index (κ1) is 21.8. The minimum Gasteiger partial charge on any atom is -0.343 e. The zero-order chi connectivity index (χ0) is 21.5.